The van der Waals surface area contributed by atoms with Gasteiger partial charge in [0.1, 0.15) is 0 Å². The van der Waals surface area contributed by atoms with Gasteiger partial charge in [-0.25, -0.2) is 0 Å². The fourth-order valence-electron chi connectivity index (χ4n) is 6.59. The van der Waals surface area contributed by atoms with Crippen molar-refractivity contribution < 1.29 is 28.4 Å². The van der Waals surface area contributed by atoms with Crippen molar-refractivity contribution in [2.45, 2.75) is 97.7 Å². The van der Waals surface area contributed by atoms with E-state index >= 15 is 0 Å². The molecule has 0 aromatic heterocycles. The van der Waals surface area contributed by atoms with Gasteiger partial charge in [0.05, 0.1) is 37.6 Å². The Morgan fingerprint density at radius 3 is 1.14 bits per heavy atom. The van der Waals surface area contributed by atoms with Crippen LogP contribution in [0.3, 0.4) is 0 Å². The van der Waals surface area contributed by atoms with E-state index in [0.29, 0.717) is 13.2 Å². The molecule has 6 nitrogen and oxygen atoms in total. The molecule has 44 heavy (non-hydrogen) atoms. The van der Waals surface area contributed by atoms with Gasteiger partial charge in [0, 0.05) is 45.8 Å². The Morgan fingerprint density at radius 2 is 0.773 bits per heavy atom. The van der Waals surface area contributed by atoms with Crippen molar-refractivity contribution in [3.05, 3.63) is 108 Å². The van der Waals surface area contributed by atoms with Crippen molar-refractivity contribution >= 4 is 0 Å². The predicted molar refractivity (Wildman–Crippen MR) is 170 cm³/mol. The SMILES string of the molecule is CC1(C)CO[C@@H](c2ccccc2)O[C@H]1C[C@@H]1OC(c2ccccc2)O[C@H](C[C@H]2O[C@@H](c3ccccc3)OCC2(C)C)C1(C)C. The third-order valence-corrected chi connectivity index (χ3v) is 9.84. The van der Waals surface area contributed by atoms with Crippen molar-refractivity contribution in [2.75, 3.05) is 13.2 Å². The van der Waals surface area contributed by atoms with E-state index in [-0.39, 0.29) is 40.7 Å². The van der Waals surface area contributed by atoms with Crippen LogP contribution >= 0.6 is 0 Å². The quantitative estimate of drug-likeness (QED) is 0.271. The van der Waals surface area contributed by atoms with Crippen LogP contribution in [0, 0.1) is 16.2 Å². The fourth-order valence-corrected chi connectivity index (χ4v) is 6.59. The molecule has 3 aromatic rings. The second-order valence-electron chi connectivity index (χ2n) is 14.6. The Hall–Kier alpha value is -2.58. The molecule has 6 heteroatoms. The van der Waals surface area contributed by atoms with Gasteiger partial charge in [0.25, 0.3) is 0 Å². The minimum Gasteiger partial charge on any atom is -0.348 e. The van der Waals surface area contributed by atoms with Gasteiger partial charge in [-0.1, -0.05) is 133 Å². The molecule has 236 valence electrons. The molecule has 0 aliphatic carbocycles. The summed E-state index contributed by atoms with van der Waals surface area (Å²) in [6.07, 6.45) is -0.232. The maximum atomic E-state index is 6.88. The lowest BCUT2D eigenvalue weighted by atomic mass is 9.71. The van der Waals surface area contributed by atoms with Crippen LogP contribution in [0.1, 0.15) is 89.9 Å². The van der Waals surface area contributed by atoms with Gasteiger partial charge < -0.3 is 28.4 Å². The predicted octanol–water partition coefficient (Wildman–Crippen LogP) is 8.56. The highest BCUT2D eigenvalue weighted by atomic mass is 16.7. The standard InChI is InChI=1S/C38H48O6/c1-36(2)24-39-33(26-16-10-7-11-17-26)41-29(36)22-31-38(5,6)32(44-35(43-31)28-20-14-9-15-21-28)23-30-37(3,4)25-40-34(42-30)27-18-12-8-13-19-27/h7-21,29-35H,22-25H2,1-6H3/t29-,30+,31-,32+,33+,34-,35?. The van der Waals surface area contributed by atoms with E-state index in [1.807, 2.05) is 54.6 Å². The third kappa shape index (κ3) is 6.67. The summed E-state index contributed by atoms with van der Waals surface area (Å²) < 4.78 is 39.6. The van der Waals surface area contributed by atoms with Gasteiger partial charge in [-0.2, -0.15) is 0 Å². The zero-order valence-corrected chi connectivity index (χ0v) is 27.0. The molecule has 0 radical (unpaired) electrons. The van der Waals surface area contributed by atoms with Crippen molar-refractivity contribution in [1.29, 1.82) is 0 Å². The smallest absolute Gasteiger partial charge is 0.184 e. The summed E-state index contributed by atoms with van der Waals surface area (Å²) in [5.74, 6) is 0. The van der Waals surface area contributed by atoms with Gasteiger partial charge in [-0.05, 0) is 0 Å². The van der Waals surface area contributed by atoms with Gasteiger partial charge >= 0.3 is 0 Å². The van der Waals surface area contributed by atoms with E-state index in [0.717, 1.165) is 29.5 Å². The molecule has 7 atom stereocenters. The van der Waals surface area contributed by atoms with Gasteiger partial charge in [-0.15, -0.1) is 0 Å². The van der Waals surface area contributed by atoms with E-state index in [1.54, 1.807) is 0 Å². The molecule has 3 aromatic carbocycles. The number of ether oxygens (including phenoxy) is 6. The monoisotopic (exact) mass is 600 g/mol. The highest BCUT2D eigenvalue weighted by Crippen LogP contribution is 2.49. The van der Waals surface area contributed by atoms with Crippen molar-refractivity contribution in [2.24, 2.45) is 16.2 Å². The highest BCUT2D eigenvalue weighted by molar-refractivity contribution is 5.19. The molecule has 3 aliphatic rings. The lowest BCUT2D eigenvalue weighted by Gasteiger charge is -2.53. The minimum atomic E-state index is -0.486. The number of rotatable bonds is 7. The highest BCUT2D eigenvalue weighted by Gasteiger charge is 2.52. The van der Waals surface area contributed by atoms with Gasteiger partial charge in [0.2, 0.25) is 0 Å². The van der Waals surface area contributed by atoms with Crippen LogP contribution in [0.25, 0.3) is 0 Å². The average Bonchev–Trinajstić information content (AvgIpc) is 3.02. The van der Waals surface area contributed by atoms with Crippen LogP contribution in [0.5, 0.6) is 0 Å². The second kappa shape index (κ2) is 12.7. The molecule has 0 amide bonds. The lowest BCUT2D eigenvalue weighted by molar-refractivity contribution is -0.331. The van der Waals surface area contributed by atoms with Crippen LogP contribution in [0.15, 0.2) is 91.0 Å². The first-order chi connectivity index (χ1) is 21.0. The molecule has 3 saturated heterocycles. The maximum absolute atomic E-state index is 6.88. The summed E-state index contributed by atoms with van der Waals surface area (Å²) in [5, 5.41) is 0. The Kier molecular flexibility index (Phi) is 9.04. The normalized spacial score (nSPS) is 33.0. The molecular formula is C38H48O6. The minimum absolute atomic E-state index is 0.0702. The molecule has 0 spiro atoms. The van der Waals surface area contributed by atoms with E-state index in [2.05, 4.69) is 77.9 Å². The van der Waals surface area contributed by atoms with Gasteiger partial charge in [0.15, 0.2) is 18.9 Å². The first kappa shape index (κ1) is 31.4. The van der Waals surface area contributed by atoms with E-state index in [9.17, 15) is 0 Å². The molecule has 0 bridgehead atoms. The van der Waals surface area contributed by atoms with Crippen molar-refractivity contribution in [1.82, 2.24) is 0 Å². The Morgan fingerprint density at radius 1 is 0.455 bits per heavy atom. The molecule has 0 saturated carbocycles. The summed E-state index contributed by atoms with van der Waals surface area (Å²) in [5.41, 5.74) is 2.39. The molecule has 3 fully saturated rings. The first-order valence-electron chi connectivity index (χ1n) is 16.0. The number of hydrogen-bond donors (Lipinski definition) is 0. The molecule has 3 heterocycles. The zero-order valence-electron chi connectivity index (χ0n) is 27.0. The summed E-state index contributed by atoms with van der Waals surface area (Å²) >= 11 is 0. The first-order valence-corrected chi connectivity index (χ1v) is 16.0. The van der Waals surface area contributed by atoms with Crippen molar-refractivity contribution in [3.8, 4) is 0 Å². The summed E-state index contributed by atoms with van der Waals surface area (Å²) in [6, 6.07) is 30.7. The Labute approximate surface area is 263 Å². The summed E-state index contributed by atoms with van der Waals surface area (Å²) in [6.45, 7) is 14.6. The van der Waals surface area contributed by atoms with Crippen LogP contribution < -0.4 is 0 Å². The fraction of sp³-hybridized carbons (Fsp3) is 0.526. The Bertz CT molecular complexity index is 1260. The van der Waals surface area contributed by atoms with Crippen molar-refractivity contribution in [3.63, 3.8) is 0 Å². The van der Waals surface area contributed by atoms with E-state index < -0.39 is 18.9 Å². The largest absolute Gasteiger partial charge is 0.348 e. The second-order valence-corrected chi connectivity index (χ2v) is 14.6. The Balaban J connectivity index is 1.27. The molecule has 0 N–H and O–H groups in total. The average molecular weight is 601 g/mol. The lowest BCUT2D eigenvalue weighted by Crippen LogP contribution is -2.55. The van der Waals surface area contributed by atoms with Crippen LogP contribution in [0.4, 0.5) is 0 Å². The van der Waals surface area contributed by atoms with Crippen LogP contribution in [-0.4, -0.2) is 37.6 Å². The molecule has 1 unspecified atom stereocenters. The number of benzene rings is 3. The van der Waals surface area contributed by atoms with Gasteiger partial charge in [-0.3, -0.25) is 0 Å². The van der Waals surface area contributed by atoms with Crippen LogP contribution in [0.2, 0.25) is 0 Å². The number of hydrogen-bond acceptors (Lipinski definition) is 6. The summed E-state index contributed by atoms with van der Waals surface area (Å²) in [4.78, 5) is 0. The molecular weight excluding hydrogens is 552 g/mol. The van der Waals surface area contributed by atoms with Crippen LogP contribution in [-0.2, 0) is 28.4 Å². The molecule has 6 rings (SSSR count). The summed E-state index contributed by atoms with van der Waals surface area (Å²) in [7, 11) is 0. The molecule has 3 aliphatic heterocycles. The zero-order chi connectivity index (χ0) is 31.0. The topological polar surface area (TPSA) is 55.4 Å². The van der Waals surface area contributed by atoms with E-state index in [4.69, 9.17) is 28.4 Å². The maximum Gasteiger partial charge on any atom is 0.184 e. The van der Waals surface area contributed by atoms with E-state index in [1.165, 1.54) is 0 Å². The third-order valence-electron chi connectivity index (χ3n) is 9.84.